The highest BCUT2D eigenvalue weighted by atomic mass is 35.5. The first kappa shape index (κ1) is 19.9. The molecule has 1 saturated heterocycles. The maximum absolute atomic E-state index is 12.5. The number of amides is 1. The molecule has 1 fully saturated rings. The molecule has 1 amide bonds. The molecule has 150 valence electrons. The highest BCUT2D eigenvalue weighted by molar-refractivity contribution is 7.14. The molecule has 2 unspecified atom stereocenters. The van der Waals surface area contributed by atoms with Crippen molar-refractivity contribution in [2.24, 2.45) is 0 Å². The number of halogens is 1. The van der Waals surface area contributed by atoms with E-state index in [0.717, 1.165) is 35.2 Å². The number of benzene rings is 2. The van der Waals surface area contributed by atoms with Crippen LogP contribution in [-0.4, -0.2) is 36.2 Å². The predicted octanol–water partition coefficient (Wildman–Crippen LogP) is 5.33. The van der Waals surface area contributed by atoms with Gasteiger partial charge in [0.05, 0.1) is 17.9 Å². The Bertz CT molecular complexity index is 1010. The molecule has 1 aromatic heterocycles. The van der Waals surface area contributed by atoms with Gasteiger partial charge in [-0.3, -0.25) is 4.79 Å². The average molecular weight is 428 g/mol. The van der Waals surface area contributed by atoms with Gasteiger partial charge in [0.25, 0.3) is 5.91 Å². The van der Waals surface area contributed by atoms with E-state index in [0.29, 0.717) is 10.6 Å². The molecule has 2 atom stereocenters. The van der Waals surface area contributed by atoms with Gasteiger partial charge in [-0.15, -0.1) is 11.3 Å². The number of nitrogens with zero attached hydrogens (tertiary/aromatic N) is 2. The van der Waals surface area contributed by atoms with Gasteiger partial charge in [-0.1, -0.05) is 29.8 Å². The van der Waals surface area contributed by atoms with Crippen molar-refractivity contribution in [3.8, 4) is 11.3 Å². The van der Waals surface area contributed by atoms with E-state index in [1.165, 1.54) is 0 Å². The van der Waals surface area contributed by atoms with Crippen molar-refractivity contribution < 1.29 is 9.53 Å². The fourth-order valence-corrected chi connectivity index (χ4v) is 4.51. The molecule has 3 aromatic rings. The van der Waals surface area contributed by atoms with Gasteiger partial charge in [0, 0.05) is 40.3 Å². The number of morpholine rings is 1. The molecule has 0 radical (unpaired) electrons. The van der Waals surface area contributed by atoms with Gasteiger partial charge in [-0.2, -0.15) is 0 Å². The maximum Gasteiger partial charge on any atom is 0.255 e. The molecular weight excluding hydrogens is 406 g/mol. The van der Waals surface area contributed by atoms with Gasteiger partial charge < -0.3 is 15.0 Å². The lowest BCUT2D eigenvalue weighted by atomic mass is 10.1. The first-order chi connectivity index (χ1) is 14.0. The summed E-state index contributed by atoms with van der Waals surface area (Å²) in [4.78, 5) is 19.6. The molecule has 0 saturated carbocycles. The van der Waals surface area contributed by atoms with Crippen LogP contribution in [0.5, 0.6) is 0 Å². The fraction of sp³-hybridized carbons (Fsp3) is 0.273. The third-order valence-corrected chi connectivity index (χ3v) is 5.82. The first-order valence-electron chi connectivity index (χ1n) is 9.51. The van der Waals surface area contributed by atoms with E-state index in [-0.39, 0.29) is 18.1 Å². The Hall–Kier alpha value is -2.41. The Balaban J connectivity index is 1.50. The molecule has 1 aliphatic heterocycles. The van der Waals surface area contributed by atoms with Crippen LogP contribution in [0.3, 0.4) is 0 Å². The van der Waals surface area contributed by atoms with E-state index < -0.39 is 0 Å². The summed E-state index contributed by atoms with van der Waals surface area (Å²) in [6, 6.07) is 14.6. The molecule has 7 heteroatoms. The standard InChI is InChI=1S/C22H22ClN3O2S/c1-14-11-26(12-15(2)28-14)22-25-20(13-29-22)16-5-4-8-19(10-16)24-21(27)17-6-3-7-18(23)9-17/h3-10,13-15H,11-12H2,1-2H3,(H,24,27). The van der Waals surface area contributed by atoms with Gasteiger partial charge >= 0.3 is 0 Å². The average Bonchev–Trinajstić information content (AvgIpc) is 3.18. The van der Waals surface area contributed by atoms with E-state index in [1.54, 1.807) is 35.6 Å². The van der Waals surface area contributed by atoms with Crippen molar-refractivity contribution in [3.63, 3.8) is 0 Å². The summed E-state index contributed by atoms with van der Waals surface area (Å²) < 4.78 is 5.81. The van der Waals surface area contributed by atoms with Crippen molar-refractivity contribution in [1.82, 2.24) is 4.98 Å². The number of anilines is 2. The number of hydrogen-bond donors (Lipinski definition) is 1. The molecule has 2 aromatic carbocycles. The normalized spacial score (nSPS) is 19.2. The molecule has 1 aliphatic rings. The maximum atomic E-state index is 12.5. The number of carbonyl (C=O) groups excluding carboxylic acids is 1. The smallest absolute Gasteiger partial charge is 0.255 e. The van der Waals surface area contributed by atoms with Gasteiger partial charge in [-0.25, -0.2) is 4.98 Å². The van der Waals surface area contributed by atoms with Crippen LogP contribution in [0.1, 0.15) is 24.2 Å². The van der Waals surface area contributed by atoms with Crippen LogP contribution >= 0.6 is 22.9 Å². The molecule has 29 heavy (non-hydrogen) atoms. The summed E-state index contributed by atoms with van der Waals surface area (Å²) in [7, 11) is 0. The molecule has 0 spiro atoms. The van der Waals surface area contributed by atoms with Gasteiger partial charge in [0.15, 0.2) is 5.13 Å². The Kier molecular flexibility index (Phi) is 5.85. The number of hydrogen-bond acceptors (Lipinski definition) is 5. The van der Waals surface area contributed by atoms with Crippen LogP contribution in [0, 0.1) is 0 Å². The minimum absolute atomic E-state index is 0.191. The lowest BCUT2D eigenvalue weighted by Crippen LogP contribution is -2.45. The van der Waals surface area contributed by atoms with Crippen molar-refractivity contribution in [2.45, 2.75) is 26.1 Å². The number of rotatable bonds is 4. The van der Waals surface area contributed by atoms with E-state index in [1.807, 2.05) is 24.3 Å². The third kappa shape index (κ3) is 4.78. The summed E-state index contributed by atoms with van der Waals surface area (Å²) >= 11 is 7.61. The fourth-order valence-electron chi connectivity index (χ4n) is 3.47. The largest absolute Gasteiger partial charge is 0.372 e. The van der Waals surface area contributed by atoms with Crippen LogP contribution < -0.4 is 10.2 Å². The van der Waals surface area contributed by atoms with Crippen LogP contribution in [0.25, 0.3) is 11.3 Å². The zero-order valence-electron chi connectivity index (χ0n) is 16.3. The first-order valence-corrected chi connectivity index (χ1v) is 10.8. The minimum atomic E-state index is -0.195. The molecule has 2 heterocycles. The Labute approximate surface area is 179 Å². The van der Waals surface area contributed by atoms with Crippen LogP contribution in [0.15, 0.2) is 53.9 Å². The molecular formula is C22H22ClN3O2S. The zero-order valence-corrected chi connectivity index (χ0v) is 17.8. The zero-order chi connectivity index (χ0) is 20.4. The minimum Gasteiger partial charge on any atom is -0.372 e. The predicted molar refractivity (Wildman–Crippen MR) is 119 cm³/mol. The molecule has 5 nitrogen and oxygen atoms in total. The third-order valence-electron chi connectivity index (χ3n) is 4.69. The second-order valence-electron chi connectivity index (χ2n) is 7.22. The van der Waals surface area contributed by atoms with Crippen molar-refractivity contribution in [3.05, 3.63) is 64.5 Å². The van der Waals surface area contributed by atoms with Crippen molar-refractivity contribution in [2.75, 3.05) is 23.3 Å². The monoisotopic (exact) mass is 427 g/mol. The molecule has 0 bridgehead atoms. The van der Waals surface area contributed by atoms with Gasteiger partial charge in [0.1, 0.15) is 0 Å². The number of aromatic nitrogens is 1. The van der Waals surface area contributed by atoms with Gasteiger partial charge in [0.2, 0.25) is 0 Å². The second-order valence-corrected chi connectivity index (χ2v) is 8.50. The summed E-state index contributed by atoms with van der Waals surface area (Å²) in [5, 5.41) is 6.51. The topological polar surface area (TPSA) is 54.5 Å². The molecule has 0 aliphatic carbocycles. The summed E-state index contributed by atoms with van der Waals surface area (Å²) in [5.74, 6) is -0.195. The highest BCUT2D eigenvalue weighted by Gasteiger charge is 2.24. The Morgan fingerprint density at radius 3 is 2.69 bits per heavy atom. The molecule has 1 N–H and O–H groups in total. The van der Waals surface area contributed by atoms with Crippen molar-refractivity contribution >= 4 is 39.7 Å². The van der Waals surface area contributed by atoms with Crippen LogP contribution in [0.4, 0.5) is 10.8 Å². The number of ether oxygens (including phenoxy) is 1. The number of nitrogens with one attached hydrogen (secondary N) is 1. The van der Waals surface area contributed by atoms with E-state index >= 15 is 0 Å². The van der Waals surface area contributed by atoms with Crippen LogP contribution in [0.2, 0.25) is 5.02 Å². The highest BCUT2D eigenvalue weighted by Crippen LogP contribution is 2.30. The summed E-state index contributed by atoms with van der Waals surface area (Å²) in [6.07, 6.45) is 0.382. The van der Waals surface area contributed by atoms with Gasteiger partial charge in [-0.05, 0) is 44.2 Å². The Morgan fingerprint density at radius 1 is 1.17 bits per heavy atom. The SMILES string of the molecule is CC1CN(c2nc(-c3cccc(NC(=O)c4cccc(Cl)c4)c3)cs2)CC(C)O1. The van der Waals surface area contributed by atoms with Crippen molar-refractivity contribution in [1.29, 1.82) is 0 Å². The van der Waals surface area contributed by atoms with E-state index in [2.05, 4.69) is 29.4 Å². The quantitative estimate of drug-likeness (QED) is 0.611. The van der Waals surface area contributed by atoms with Crippen LogP contribution in [-0.2, 0) is 4.74 Å². The lowest BCUT2D eigenvalue weighted by Gasteiger charge is -2.35. The Morgan fingerprint density at radius 2 is 1.93 bits per heavy atom. The van der Waals surface area contributed by atoms with E-state index in [9.17, 15) is 4.79 Å². The summed E-state index contributed by atoms with van der Waals surface area (Å²) in [5.41, 5.74) is 3.10. The second kappa shape index (κ2) is 8.53. The number of thiazole rings is 1. The lowest BCUT2D eigenvalue weighted by molar-refractivity contribution is -0.00522. The van der Waals surface area contributed by atoms with E-state index in [4.69, 9.17) is 21.3 Å². The summed E-state index contributed by atoms with van der Waals surface area (Å²) in [6.45, 7) is 5.85. The molecule has 4 rings (SSSR count). The number of carbonyl (C=O) groups is 1.